The molecule has 1 saturated heterocycles. The fraction of sp³-hybridized carbons (Fsp3) is 0.727. The summed E-state index contributed by atoms with van der Waals surface area (Å²) in [6.45, 7) is 15.9. The number of alkyl halides is 1. The molecule has 1 unspecified atom stereocenters. The number of unbranched alkanes of at least 4 members (excludes halogenated alkanes) is 3. The van der Waals surface area contributed by atoms with Crippen LogP contribution in [0, 0.1) is 0 Å². The van der Waals surface area contributed by atoms with Gasteiger partial charge in [-0.2, -0.15) is 0 Å². The maximum absolute atomic E-state index is 14.3. The second kappa shape index (κ2) is 24.7. The highest BCUT2D eigenvalue weighted by Crippen LogP contribution is 2.26. The van der Waals surface area contributed by atoms with Crippen molar-refractivity contribution in [3.8, 4) is 0 Å². The summed E-state index contributed by atoms with van der Waals surface area (Å²) in [5.74, 6) is -1.33. The Hall–Kier alpha value is -4.67. The number of carbonyl (C=O) groups excluding carboxylic acids is 6. The fourth-order valence-electron chi connectivity index (χ4n) is 6.68. The normalized spacial score (nSPS) is 15.6. The monoisotopic (exact) mass is 865 g/mol. The first kappa shape index (κ1) is 52.5. The zero-order chi connectivity index (χ0) is 45.9. The molecule has 1 aromatic rings. The summed E-state index contributed by atoms with van der Waals surface area (Å²) >= 11 is 0. The van der Waals surface area contributed by atoms with Gasteiger partial charge in [0.15, 0.2) is 0 Å². The number of amides is 5. The fourth-order valence-corrected chi connectivity index (χ4v) is 6.68. The topological polar surface area (TPSA) is 203 Å². The summed E-state index contributed by atoms with van der Waals surface area (Å²) in [5, 5.41) is 14.6. The minimum absolute atomic E-state index is 0.0812. The molecule has 0 radical (unpaired) electrons. The Balaban J connectivity index is 2.31. The summed E-state index contributed by atoms with van der Waals surface area (Å²) in [4.78, 5) is 80.9. The van der Waals surface area contributed by atoms with Gasteiger partial charge in [-0.25, -0.2) is 19.2 Å². The van der Waals surface area contributed by atoms with E-state index in [0.717, 1.165) is 5.56 Å². The third-order valence-corrected chi connectivity index (χ3v) is 9.56. The molecule has 2 rings (SSSR count). The first-order valence-electron chi connectivity index (χ1n) is 21.4. The lowest BCUT2D eigenvalue weighted by molar-refractivity contribution is -0.153. The van der Waals surface area contributed by atoms with Crippen LogP contribution >= 0.6 is 0 Å². The molecule has 0 bridgehead atoms. The number of halogens is 1. The van der Waals surface area contributed by atoms with Crippen molar-refractivity contribution >= 4 is 36.1 Å². The van der Waals surface area contributed by atoms with Gasteiger partial charge >= 0.3 is 24.2 Å². The lowest BCUT2D eigenvalue weighted by Gasteiger charge is -2.41. The Morgan fingerprint density at radius 3 is 1.87 bits per heavy atom. The van der Waals surface area contributed by atoms with E-state index < -0.39 is 77.3 Å². The molecule has 0 saturated carbocycles. The molecular formula is C44H73FN6O10. The molecule has 5 amide bonds. The first-order chi connectivity index (χ1) is 28.5. The molecule has 5 N–H and O–H groups in total. The Bertz CT molecular complexity index is 1550. The Morgan fingerprint density at radius 1 is 0.721 bits per heavy atom. The van der Waals surface area contributed by atoms with Crippen LogP contribution in [0.3, 0.4) is 0 Å². The van der Waals surface area contributed by atoms with Crippen LogP contribution in [0.5, 0.6) is 0 Å². The second-order valence-electron chi connectivity index (χ2n) is 18.5. The van der Waals surface area contributed by atoms with Crippen molar-refractivity contribution in [2.24, 2.45) is 0 Å². The lowest BCUT2D eigenvalue weighted by Crippen LogP contribution is -2.63. The van der Waals surface area contributed by atoms with Crippen LogP contribution in [0.4, 0.5) is 18.8 Å². The molecule has 17 heteroatoms. The third-order valence-electron chi connectivity index (χ3n) is 9.56. The van der Waals surface area contributed by atoms with Crippen molar-refractivity contribution in [2.75, 3.05) is 40.0 Å². The largest absolute Gasteiger partial charge is 0.467 e. The van der Waals surface area contributed by atoms with Gasteiger partial charge in [-0.1, -0.05) is 43.2 Å². The SMILES string of the molecule is COC(=O)C1(NC(=O)OC(C)(C)C)CCN(C(=O)[C@@H](CCCCNC(=O)OC(C)(C)C)NCC(CCCCCF)NC(=O)[C@@H](Cc2ccccc2)NC(=O)OC(C)(C)C)CC1. The molecule has 61 heavy (non-hydrogen) atoms. The summed E-state index contributed by atoms with van der Waals surface area (Å²) in [6, 6.07) is 7.01. The number of hydrogen-bond donors (Lipinski definition) is 5. The molecule has 1 fully saturated rings. The molecule has 0 aliphatic carbocycles. The second-order valence-corrected chi connectivity index (χ2v) is 18.5. The minimum Gasteiger partial charge on any atom is -0.467 e. The number of hydrogen-bond acceptors (Lipinski definition) is 11. The number of esters is 1. The molecule has 1 heterocycles. The molecule has 0 aromatic heterocycles. The van der Waals surface area contributed by atoms with Crippen molar-refractivity contribution in [1.29, 1.82) is 0 Å². The van der Waals surface area contributed by atoms with Crippen LogP contribution in [0.2, 0.25) is 0 Å². The summed E-state index contributed by atoms with van der Waals surface area (Å²) in [5.41, 5.74) is -2.83. The Morgan fingerprint density at radius 2 is 1.30 bits per heavy atom. The molecular weight excluding hydrogens is 792 g/mol. The quantitative estimate of drug-likeness (QED) is 0.0564. The highest BCUT2D eigenvalue weighted by Gasteiger charge is 2.46. The van der Waals surface area contributed by atoms with Gasteiger partial charge in [0.1, 0.15) is 28.4 Å². The number of ether oxygens (including phenoxy) is 4. The maximum atomic E-state index is 14.3. The van der Waals surface area contributed by atoms with E-state index in [4.69, 9.17) is 18.9 Å². The van der Waals surface area contributed by atoms with Gasteiger partial charge in [-0.15, -0.1) is 0 Å². The predicted octanol–water partition coefficient (Wildman–Crippen LogP) is 5.85. The summed E-state index contributed by atoms with van der Waals surface area (Å²) < 4.78 is 34.4. The standard InChI is InChI=1S/C44H73FN6O10/c1-41(2,3)59-38(55)46-26-18-16-22-33(36(53)51-27-23-44(24-28-51,37(54)58-10)50-40(57)61-43(7,8)9)47-30-32(21-15-12-17-25-45)48-35(52)34(29-31-19-13-11-14-20-31)49-39(56)60-42(4,5)6/h11,13-14,19-20,32-34,47H,12,15-18,21-30H2,1-10H3,(H,46,55)(H,48,52)(H,49,56)(H,50,57)/t32?,33-,34-/m1/s1. The maximum Gasteiger partial charge on any atom is 0.408 e. The van der Waals surface area contributed by atoms with Gasteiger partial charge in [0.05, 0.1) is 19.8 Å². The van der Waals surface area contributed by atoms with Crippen LogP contribution in [0.15, 0.2) is 30.3 Å². The third kappa shape index (κ3) is 21.1. The van der Waals surface area contributed by atoms with Gasteiger partial charge < -0.3 is 50.4 Å². The van der Waals surface area contributed by atoms with Crippen LogP contribution in [-0.2, 0) is 39.8 Å². The van der Waals surface area contributed by atoms with Gasteiger partial charge in [-0.05, 0) is 113 Å². The van der Waals surface area contributed by atoms with E-state index in [0.29, 0.717) is 51.5 Å². The van der Waals surface area contributed by atoms with Crippen LogP contribution in [0.25, 0.3) is 0 Å². The van der Waals surface area contributed by atoms with E-state index in [2.05, 4.69) is 26.6 Å². The number of carbonyl (C=O) groups is 6. The smallest absolute Gasteiger partial charge is 0.408 e. The van der Waals surface area contributed by atoms with E-state index in [1.807, 2.05) is 30.3 Å². The van der Waals surface area contributed by atoms with E-state index in [-0.39, 0.29) is 44.8 Å². The highest BCUT2D eigenvalue weighted by atomic mass is 19.1. The molecule has 3 atom stereocenters. The van der Waals surface area contributed by atoms with Gasteiger partial charge in [0, 0.05) is 38.6 Å². The molecule has 346 valence electrons. The number of nitrogens with zero attached hydrogens (tertiary/aromatic N) is 1. The van der Waals surface area contributed by atoms with Gasteiger partial charge in [0.2, 0.25) is 11.8 Å². The Kier molecular flexibility index (Phi) is 21.2. The van der Waals surface area contributed by atoms with Crippen molar-refractivity contribution in [3.05, 3.63) is 35.9 Å². The van der Waals surface area contributed by atoms with Crippen molar-refractivity contribution in [2.45, 2.75) is 167 Å². The Labute approximate surface area is 361 Å². The van der Waals surface area contributed by atoms with Crippen LogP contribution in [-0.4, -0.2) is 121 Å². The molecule has 1 aliphatic heterocycles. The number of rotatable bonds is 21. The first-order valence-corrected chi connectivity index (χ1v) is 21.4. The molecule has 1 aromatic carbocycles. The van der Waals surface area contributed by atoms with Crippen molar-refractivity contribution < 1.29 is 52.1 Å². The number of likely N-dealkylation sites (tertiary alicyclic amines) is 1. The number of benzene rings is 1. The predicted molar refractivity (Wildman–Crippen MR) is 229 cm³/mol. The molecule has 0 spiro atoms. The van der Waals surface area contributed by atoms with Gasteiger partial charge in [0.25, 0.3) is 0 Å². The van der Waals surface area contributed by atoms with E-state index >= 15 is 0 Å². The van der Waals surface area contributed by atoms with E-state index in [9.17, 15) is 33.2 Å². The summed E-state index contributed by atoms with van der Waals surface area (Å²) in [6.07, 6.45) is 1.75. The van der Waals surface area contributed by atoms with Gasteiger partial charge in [-0.3, -0.25) is 14.0 Å². The number of nitrogens with one attached hydrogen (secondary N) is 5. The highest BCUT2D eigenvalue weighted by molar-refractivity contribution is 5.88. The van der Waals surface area contributed by atoms with E-state index in [1.165, 1.54) is 7.11 Å². The average Bonchev–Trinajstić information content (AvgIpc) is 3.14. The zero-order valence-electron chi connectivity index (χ0n) is 38.1. The average molecular weight is 865 g/mol. The molecule has 16 nitrogen and oxygen atoms in total. The molecule has 1 aliphatic rings. The number of piperidine rings is 1. The minimum atomic E-state index is -1.40. The van der Waals surface area contributed by atoms with Crippen LogP contribution < -0.4 is 26.6 Å². The number of methoxy groups -OCH3 is 1. The van der Waals surface area contributed by atoms with Crippen molar-refractivity contribution in [1.82, 2.24) is 31.5 Å². The number of alkyl carbamates (subject to hydrolysis) is 3. The zero-order valence-corrected chi connectivity index (χ0v) is 38.1. The lowest BCUT2D eigenvalue weighted by atomic mass is 9.87. The van der Waals surface area contributed by atoms with Crippen LogP contribution in [0.1, 0.15) is 126 Å². The summed E-state index contributed by atoms with van der Waals surface area (Å²) in [7, 11) is 1.24. The van der Waals surface area contributed by atoms with Crippen molar-refractivity contribution in [3.63, 3.8) is 0 Å². The van der Waals surface area contributed by atoms with E-state index in [1.54, 1.807) is 67.2 Å².